The van der Waals surface area contributed by atoms with Crippen LogP contribution in [0, 0.1) is 0 Å². The molecule has 0 bridgehead atoms. The Hall–Kier alpha value is -2.60. The summed E-state index contributed by atoms with van der Waals surface area (Å²) < 4.78 is 0. The molecule has 0 heterocycles. The number of hydrogen-bond acceptors (Lipinski definition) is 5. The van der Waals surface area contributed by atoms with Crippen molar-refractivity contribution in [2.45, 2.75) is 86.0 Å². The van der Waals surface area contributed by atoms with E-state index in [-0.39, 0.29) is 0 Å². The second kappa shape index (κ2) is 23.8. The van der Waals surface area contributed by atoms with E-state index < -0.39 is 0 Å². The van der Waals surface area contributed by atoms with Gasteiger partial charge in [0.05, 0.1) is 11.4 Å². The van der Waals surface area contributed by atoms with Gasteiger partial charge in [0.2, 0.25) is 0 Å². The van der Waals surface area contributed by atoms with Crippen molar-refractivity contribution in [2.75, 3.05) is 31.6 Å². The Morgan fingerprint density at radius 2 is 1.05 bits per heavy atom. The first-order chi connectivity index (χ1) is 17.9. The standard InChI is InChI=1S/C19H20N2.2C5H13N.C2H6.CH5N/c1-12(2)13-3-4-15-10-16(6-5-14(15)9-13)17-7-8-18(20)19(21)11-17;2*1-2-3-4-5-6;2*1-2/h3-12H,20-21H2,1-2H3;2*2-6H2,1H3;1-2H3;2H2,1H3. The molecule has 5 heteroatoms. The first-order valence-electron chi connectivity index (χ1n) is 14.0. The van der Waals surface area contributed by atoms with Crippen LogP contribution in [-0.2, 0) is 0 Å². The summed E-state index contributed by atoms with van der Waals surface area (Å²) in [5, 5.41) is 2.51. The largest absolute Gasteiger partial charge is 0.397 e. The fourth-order valence-electron chi connectivity index (χ4n) is 3.35. The van der Waals surface area contributed by atoms with Gasteiger partial charge in [-0.25, -0.2) is 0 Å². The molecule has 0 amide bonds. The highest BCUT2D eigenvalue weighted by Gasteiger charge is 2.04. The first kappa shape index (κ1) is 36.6. The van der Waals surface area contributed by atoms with Crippen LogP contribution in [0.2, 0.25) is 0 Å². The minimum atomic E-state index is 0.547. The van der Waals surface area contributed by atoms with Gasteiger partial charge in [-0.15, -0.1) is 0 Å². The molecule has 0 aromatic heterocycles. The van der Waals surface area contributed by atoms with Crippen LogP contribution in [0.3, 0.4) is 0 Å². The van der Waals surface area contributed by atoms with Crippen molar-refractivity contribution in [1.29, 1.82) is 0 Å². The van der Waals surface area contributed by atoms with Gasteiger partial charge in [0.25, 0.3) is 0 Å². The highest BCUT2D eigenvalue weighted by atomic mass is 14.7. The van der Waals surface area contributed by atoms with Crippen LogP contribution in [0.4, 0.5) is 11.4 Å². The van der Waals surface area contributed by atoms with E-state index >= 15 is 0 Å². The minimum Gasteiger partial charge on any atom is -0.397 e. The summed E-state index contributed by atoms with van der Waals surface area (Å²) in [4.78, 5) is 0. The molecule has 0 aliphatic heterocycles. The molecule has 0 saturated heterocycles. The van der Waals surface area contributed by atoms with Crippen LogP contribution in [0.1, 0.15) is 91.5 Å². The number of unbranched alkanes of at least 4 members (excludes halogenated alkanes) is 4. The van der Waals surface area contributed by atoms with E-state index in [9.17, 15) is 0 Å². The molecule has 10 N–H and O–H groups in total. The number of hydrogen-bond donors (Lipinski definition) is 5. The Morgan fingerprint density at radius 3 is 1.49 bits per heavy atom. The van der Waals surface area contributed by atoms with Crippen molar-refractivity contribution in [3.8, 4) is 11.1 Å². The van der Waals surface area contributed by atoms with Crippen LogP contribution in [0.15, 0.2) is 54.6 Å². The lowest BCUT2D eigenvalue weighted by Gasteiger charge is -2.09. The van der Waals surface area contributed by atoms with E-state index in [2.05, 4.69) is 69.8 Å². The van der Waals surface area contributed by atoms with E-state index in [1.54, 1.807) is 0 Å². The highest BCUT2D eigenvalue weighted by Crippen LogP contribution is 2.29. The molecule has 5 nitrogen and oxygen atoms in total. The predicted octanol–water partition coefficient (Wildman–Crippen LogP) is 7.67. The zero-order chi connectivity index (χ0) is 28.6. The molecule has 0 spiro atoms. The van der Waals surface area contributed by atoms with Crippen LogP contribution < -0.4 is 28.7 Å². The number of nitrogen functional groups attached to an aromatic ring is 2. The van der Waals surface area contributed by atoms with Gasteiger partial charge in [-0.3, -0.25) is 0 Å². The molecule has 3 rings (SSSR count). The van der Waals surface area contributed by atoms with Gasteiger partial charge in [0.1, 0.15) is 0 Å². The van der Waals surface area contributed by atoms with Crippen molar-refractivity contribution >= 4 is 22.1 Å². The molecule has 0 unspecified atom stereocenters. The fourth-order valence-corrected chi connectivity index (χ4v) is 3.35. The lowest BCUT2D eigenvalue weighted by Crippen LogP contribution is -1.96. The van der Waals surface area contributed by atoms with Crippen LogP contribution >= 0.6 is 0 Å². The Labute approximate surface area is 228 Å². The SMILES string of the molecule is CC.CC(C)c1ccc2cc(-c3ccc(N)c(N)c3)ccc2c1.CCCCCN.CCCCCN.CN. The quantitative estimate of drug-likeness (QED) is 0.156. The maximum absolute atomic E-state index is 5.90. The Morgan fingerprint density at radius 1 is 0.595 bits per heavy atom. The summed E-state index contributed by atoms with van der Waals surface area (Å²) in [6.07, 6.45) is 7.51. The molecule has 0 saturated carbocycles. The normalized spacial score (nSPS) is 9.59. The third kappa shape index (κ3) is 15.3. The third-order valence-corrected chi connectivity index (χ3v) is 5.57. The summed E-state index contributed by atoms with van der Waals surface area (Å²) in [7, 11) is 1.50. The molecule has 0 aliphatic rings. The van der Waals surface area contributed by atoms with E-state index in [4.69, 9.17) is 22.9 Å². The highest BCUT2D eigenvalue weighted by molar-refractivity contribution is 5.88. The van der Waals surface area contributed by atoms with Crippen molar-refractivity contribution in [3.63, 3.8) is 0 Å². The zero-order valence-corrected chi connectivity index (χ0v) is 24.8. The smallest absolute Gasteiger partial charge is 0.0554 e. The third-order valence-electron chi connectivity index (χ3n) is 5.57. The molecule has 0 atom stereocenters. The predicted molar refractivity (Wildman–Crippen MR) is 171 cm³/mol. The van der Waals surface area contributed by atoms with E-state index in [0.717, 1.165) is 24.2 Å². The fraction of sp³-hybridized carbons (Fsp3) is 0.500. The van der Waals surface area contributed by atoms with Crippen LogP contribution in [-0.4, -0.2) is 20.1 Å². The molecule has 0 fully saturated rings. The Bertz CT molecular complexity index is 922. The average Bonchev–Trinajstić information content (AvgIpc) is 2.94. The van der Waals surface area contributed by atoms with Crippen molar-refractivity contribution in [3.05, 3.63) is 60.2 Å². The maximum atomic E-state index is 5.90. The summed E-state index contributed by atoms with van der Waals surface area (Å²) >= 11 is 0. The Kier molecular flexibility index (Phi) is 23.5. The van der Waals surface area contributed by atoms with Gasteiger partial charge in [0, 0.05) is 0 Å². The van der Waals surface area contributed by atoms with Gasteiger partial charge in [-0.2, -0.15) is 0 Å². The number of fused-ring (bicyclic) bond motifs is 1. The number of nitrogens with two attached hydrogens (primary N) is 5. The summed E-state index contributed by atoms with van der Waals surface area (Å²) in [5.41, 5.74) is 31.5. The molecule has 0 aliphatic carbocycles. The zero-order valence-electron chi connectivity index (χ0n) is 24.8. The summed E-state index contributed by atoms with van der Waals surface area (Å²) in [5.74, 6) is 0.547. The molecule has 210 valence electrons. The number of benzene rings is 3. The molecule has 37 heavy (non-hydrogen) atoms. The van der Waals surface area contributed by atoms with Gasteiger partial charge < -0.3 is 28.7 Å². The van der Waals surface area contributed by atoms with Crippen molar-refractivity contribution < 1.29 is 0 Å². The maximum Gasteiger partial charge on any atom is 0.0554 e. The summed E-state index contributed by atoms with van der Waals surface area (Å²) in [6, 6.07) is 19.0. The average molecular weight is 512 g/mol. The Balaban J connectivity index is 0. The topological polar surface area (TPSA) is 130 Å². The lowest BCUT2D eigenvalue weighted by molar-refractivity contribution is 0.727. The number of rotatable bonds is 8. The molecule has 3 aromatic rings. The van der Waals surface area contributed by atoms with Crippen LogP contribution in [0.5, 0.6) is 0 Å². The van der Waals surface area contributed by atoms with Crippen molar-refractivity contribution in [1.82, 2.24) is 0 Å². The van der Waals surface area contributed by atoms with Gasteiger partial charge >= 0.3 is 0 Å². The second-order valence-corrected chi connectivity index (χ2v) is 8.81. The summed E-state index contributed by atoms with van der Waals surface area (Å²) in [6.45, 7) is 14.5. The van der Waals surface area contributed by atoms with Gasteiger partial charge in [0.15, 0.2) is 0 Å². The molecule has 0 radical (unpaired) electrons. The lowest BCUT2D eigenvalue weighted by atomic mass is 9.96. The minimum absolute atomic E-state index is 0.547. The second-order valence-electron chi connectivity index (χ2n) is 8.81. The van der Waals surface area contributed by atoms with E-state index in [0.29, 0.717) is 17.3 Å². The molecular weight excluding hydrogens is 454 g/mol. The van der Waals surface area contributed by atoms with Gasteiger partial charge in [-0.05, 0) is 84.6 Å². The monoisotopic (exact) mass is 511 g/mol. The van der Waals surface area contributed by atoms with Crippen LogP contribution in [0.25, 0.3) is 21.9 Å². The molecular formula is C32H57N5. The first-order valence-corrected chi connectivity index (χ1v) is 14.0. The van der Waals surface area contributed by atoms with E-state index in [1.165, 1.54) is 61.9 Å². The van der Waals surface area contributed by atoms with E-state index in [1.807, 2.05) is 32.0 Å². The van der Waals surface area contributed by atoms with Gasteiger partial charge in [-0.1, -0.05) is 104 Å². The molecule has 3 aromatic carbocycles. The number of anilines is 2. The van der Waals surface area contributed by atoms with Crippen molar-refractivity contribution in [2.24, 2.45) is 17.2 Å².